The Kier molecular flexibility index (Phi) is 21.6. The molecule has 0 aromatic heterocycles. The maximum absolute atomic E-state index is 2.42. The Morgan fingerprint density at radius 2 is 1.36 bits per heavy atom. The summed E-state index contributed by atoms with van der Waals surface area (Å²) in [6, 6.07) is 0. The van der Waals surface area contributed by atoms with Crippen LogP contribution >= 0.6 is 12.4 Å². The topological polar surface area (TPSA) is 35.0 Å². The van der Waals surface area contributed by atoms with E-state index in [2.05, 4.69) is 26.8 Å². The van der Waals surface area contributed by atoms with Crippen molar-refractivity contribution in [3.05, 3.63) is 11.6 Å². The molecular weight excluding hydrogens is 194 g/mol. The molecule has 3 N–H and O–H groups in total. The minimum absolute atomic E-state index is 0. The third kappa shape index (κ3) is 12.0. The second-order valence-electron chi connectivity index (χ2n) is 3.48. The molecule has 0 bridgehead atoms. The lowest BCUT2D eigenvalue weighted by Gasteiger charge is -2.05. The third-order valence-corrected chi connectivity index (χ3v) is 2.20. The van der Waals surface area contributed by atoms with Crippen molar-refractivity contribution in [2.45, 2.75) is 65.7 Å². The first-order chi connectivity index (χ1) is 5.85. The molecule has 0 saturated carbocycles. The van der Waals surface area contributed by atoms with Crippen molar-refractivity contribution in [3.63, 3.8) is 0 Å². The Labute approximate surface area is 96.4 Å². The van der Waals surface area contributed by atoms with E-state index in [4.69, 9.17) is 0 Å². The first-order valence-corrected chi connectivity index (χ1v) is 5.53. The molecule has 0 rings (SSSR count). The zero-order valence-electron chi connectivity index (χ0n) is 10.1. The van der Waals surface area contributed by atoms with E-state index < -0.39 is 0 Å². The van der Waals surface area contributed by atoms with Gasteiger partial charge >= 0.3 is 0 Å². The molecule has 0 radical (unpaired) electrons. The second kappa shape index (κ2) is 15.5. The van der Waals surface area contributed by atoms with E-state index in [1.165, 1.54) is 44.9 Å². The number of unbranched alkanes of at least 4 members (excludes halogenated alkanes) is 2. The van der Waals surface area contributed by atoms with Crippen LogP contribution in [0.15, 0.2) is 11.6 Å². The van der Waals surface area contributed by atoms with Gasteiger partial charge in [0.1, 0.15) is 0 Å². The highest BCUT2D eigenvalue weighted by Gasteiger charge is 1.95. The minimum atomic E-state index is 0. The molecule has 0 amide bonds. The second-order valence-corrected chi connectivity index (χ2v) is 3.48. The number of hydrogen-bond acceptors (Lipinski definition) is 1. The first kappa shape index (κ1) is 19.5. The molecule has 0 spiro atoms. The largest absolute Gasteiger partial charge is 0.344 e. The summed E-state index contributed by atoms with van der Waals surface area (Å²) in [6.07, 6.45) is 11.7. The van der Waals surface area contributed by atoms with Crippen LogP contribution in [0.4, 0.5) is 0 Å². The van der Waals surface area contributed by atoms with Crippen LogP contribution in [0.2, 0.25) is 0 Å². The molecule has 0 saturated heterocycles. The Hall–Kier alpha value is -0.0100. The molecule has 1 nitrogen and oxygen atoms in total. The Bertz CT molecular complexity index is 111. The Morgan fingerprint density at radius 3 is 1.64 bits per heavy atom. The third-order valence-electron chi connectivity index (χ3n) is 2.20. The van der Waals surface area contributed by atoms with Crippen molar-refractivity contribution in [2.75, 3.05) is 0 Å². The van der Waals surface area contributed by atoms with Gasteiger partial charge in [0.15, 0.2) is 0 Å². The number of hydrogen-bond donors (Lipinski definition) is 1. The van der Waals surface area contributed by atoms with Gasteiger partial charge in [0.25, 0.3) is 0 Å². The van der Waals surface area contributed by atoms with Gasteiger partial charge in [0.2, 0.25) is 0 Å². The van der Waals surface area contributed by atoms with Crippen LogP contribution in [0.3, 0.4) is 0 Å². The van der Waals surface area contributed by atoms with Gasteiger partial charge in [-0.3, -0.25) is 0 Å². The molecular formula is C12H28ClN. The molecule has 88 valence electrons. The highest BCUT2D eigenvalue weighted by molar-refractivity contribution is 5.85. The molecule has 0 unspecified atom stereocenters. The summed E-state index contributed by atoms with van der Waals surface area (Å²) in [4.78, 5) is 0. The summed E-state index contributed by atoms with van der Waals surface area (Å²) in [5, 5.41) is 0. The molecule has 0 fully saturated rings. The zero-order valence-corrected chi connectivity index (χ0v) is 11.0. The van der Waals surface area contributed by atoms with Crippen molar-refractivity contribution in [3.8, 4) is 0 Å². The predicted molar refractivity (Wildman–Crippen MR) is 69.7 cm³/mol. The van der Waals surface area contributed by atoms with E-state index in [0.717, 1.165) is 0 Å². The van der Waals surface area contributed by atoms with Crippen LogP contribution < -0.4 is 6.15 Å². The van der Waals surface area contributed by atoms with E-state index in [1.54, 1.807) is 5.57 Å². The summed E-state index contributed by atoms with van der Waals surface area (Å²) in [7, 11) is 0. The molecule has 0 aromatic carbocycles. The maximum Gasteiger partial charge on any atom is -0.0320 e. The average Bonchev–Trinajstić information content (AvgIpc) is 2.10. The molecule has 0 aliphatic carbocycles. The van der Waals surface area contributed by atoms with E-state index in [9.17, 15) is 0 Å². The Balaban J connectivity index is -0.000000605. The SMILES string of the molecule is CCC=C(CCCC)CCCC.Cl.N. The summed E-state index contributed by atoms with van der Waals surface area (Å²) in [5.74, 6) is 0. The van der Waals surface area contributed by atoms with Gasteiger partial charge in [-0.25, -0.2) is 0 Å². The fourth-order valence-electron chi connectivity index (χ4n) is 1.43. The van der Waals surface area contributed by atoms with Crippen molar-refractivity contribution < 1.29 is 0 Å². The highest BCUT2D eigenvalue weighted by atomic mass is 35.5. The van der Waals surface area contributed by atoms with Gasteiger partial charge in [-0.1, -0.05) is 45.3 Å². The van der Waals surface area contributed by atoms with Crippen LogP contribution in [0.1, 0.15) is 65.7 Å². The van der Waals surface area contributed by atoms with Crippen LogP contribution in [0.25, 0.3) is 0 Å². The predicted octanol–water partition coefficient (Wildman–Crippen LogP) is 5.29. The van der Waals surface area contributed by atoms with Gasteiger partial charge in [0.05, 0.1) is 0 Å². The van der Waals surface area contributed by atoms with Crippen LogP contribution in [-0.4, -0.2) is 0 Å². The molecule has 0 aliphatic heterocycles. The lowest BCUT2D eigenvalue weighted by Crippen LogP contribution is -1.84. The van der Waals surface area contributed by atoms with Gasteiger partial charge in [-0.2, -0.15) is 0 Å². The van der Waals surface area contributed by atoms with Crippen molar-refractivity contribution in [1.29, 1.82) is 0 Å². The van der Waals surface area contributed by atoms with Crippen LogP contribution in [0.5, 0.6) is 0 Å². The molecule has 14 heavy (non-hydrogen) atoms. The average molecular weight is 222 g/mol. The highest BCUT2D eigenvalue weighted by Crippen LogP contribution is 2.15. The smallest absolute Gasteiger partial charge is 0.0320 e. The fourth-order valence-corrected chi connectivity index (χ4v) is 1.43. The Morgan fingerprint density at radius 1 is 0.929 bits per heavy atom. The first-order valence-electron chi connectivity index (χ1n) is 5.53. The van der Waals surface area contributed by atoms with E-state index in [-0.39, 0.29) is 18.6 Å². The normalized spacial score (nSPS) is 8.50. The van der Waals surface area contributed by atoms with E-state index in [1.807, 2.05) is 0 Å². The standard InChI is InChI=1S/C12H24.ClH.H3N/c1-4-7-10-12(9-6-3)11-8-5-2;;/h9H,4-8,10-11H2,1-3H3;1H;1H3. The summed E-state index contributed by atoms with van der Waals surface area (Å²) in [5.41, 5.74) is 1.70. The van der Waals surface area contributed by atoms with Gasteiger partial charge in [-0.05, 0) is 32.1 Å². The lowest BCUT2D eigenvalue weighted by molar-refractivity contribution is 0.709. The van der Waals surface area contributed by atoms with Gasteiger partial charge < -0.3 is 6.15 Å². The molecule has 2 heteroatoms. The summed E-state index contributed by atoms with van der Waals surface area (Å²) in [6.45, 7) is 6.77. The molecule has 0 atom stereocenters. The lowest BCUT2D eigenvalue weighted by atomic mass is 10.0. The van der Waals surface area contributed by atoms with Crippen LogP contribution in [0, 0.1) is 0 Å². The number of halogens is 1. The van der Waals surface area contributed by atoms with E-state index >= 15 is 0 Å². The summed E-state index contributed by atoms with van der Waals surface area (Å²) >= 11 is 0. The summed E-state index contributed by atoms with van der Waals surface area (Å²) < 4.78 is 0. The monoisotopic (exact) mass is 221 g/mol. The van der Waals surface area contributed by atoms with E-state index in [0.29, 0.717) is 0 Å². The zero-order chi connectivity index (χ0) is 9.23. The maximum atomic E-state index is 2.42. The molecule has 0 aromatic rings. The van der Waals surface area contributed by atoms with Crippen molar-refractivity contribution in [2.24, 2.45) is 0 Å². The molecule has 0 aliphatic rings. The van der Waals surface area contributed by atoms with Gasteiger partial charge in [-0.15, -0.1) is 12.4 Å². The number of rotatable bonds is 7. The fraction of sp³-hybridized carbons (Fsp3) is 0.833. The quantitative estimate of drug-likeness (QED) is 0.583. The molecule has 0 heterocycles. The van der Waals surface area contributed by atoms with Crippen LogP contribution in [-0.2, 0) is 0 Å². The van der Waals surface area contributed by atoms with Gasteiger partial charge in [0, 0.05) is 0 Å². The van der Waals surface area contributed by atoms with Crippen molar-refractivity contribution >= 4 is 12.4 Å². The van der Waals surface area contributed by atoms with Crippen molar-refractivity contribution in [1.82, 2.24) is 6.15 Å². The minimum Gasteiger partial charge on any atom is -0.344 e. The number of allylic oxidation sites excluding steroid dienone is 2.